The van der Waals surface area contributed by atoms with Crippen molar-refractivity contribution < 1.29 is 19.1 Å². The van der Waals surface area contributed by atoms with Gasteiger partial charge in [0.1, 0.15) is 5.58 Å². The number of anilines is 1. The Balaban J connectivity index is 2.36. The molecule has 6 nitrogen and oxygen atoms in total. The number of carbonyl (C=O) groups is 2. The number of aliphatic carboxylic acids is 1. The van der Waals surface area contributed by atoms with Gasteiger partial charge in [-0.25, -0.2) is 0 Å². The number of para-hydroxylation sites is 1. The van der Waals surface area contributed by atoms with Crippen LogP contribution in [0.15, 0.2) is 28.7 Å². The molecular weight excluding hydrogens is 236 g/mol. The van der Waals surface area contributed by atoms with Gasteiger partial charge in [0.05, 0.1) is 12.1 Å². The average Bonchev–Trinajstić information content (AvgIpc) is 2.68. The van der Waals surface area contributed by atoms with E-state index in [0.29, 0.717) is 16.7 Å². The third kappa shape index (κ3) is 2.27. The summed E-state index contributed by atoms with van der Waals surface area (Å²) in [5, 5.41) is 12.2. The third-order valence-electron chi connectivity index (χ3n) is 2.46. The van der Waals surface area contributed by atoms with Crippen molar-refractivity contribution in [1.29, 1.82) is 0 Å². The summed E-state index contributed by atoms with van der Waals surface area (Å²) in [5.74, 6) is -1.60. The Kier molecular flexibility index (Phi) is 3.18. The van der Waals surface area contributed by atoms with Crippen molar-refractivity contribution in [1.82, 2.24) is 0 Å². The van der Waals surface area contributed by atoms with Crippen LogP contribution in [-0.4, -0.2) is 23.5 Å². The maximum atomic E-state index is 11.3. The summed E-state index contributed by atoms with van der Waals surface area (Å²) in [6.07, 6.45) is -0.0578. The number of hydrogen-bond donors (Lipinski definition) is 3. The van der Waals surface area contributed by atoms with E-state index in [9.17, 15) is 9.59 Å². The lowest BCUT2D eigenvalue weighted by atomic mass is 10.2. The number of carboxylic acid groups (broad SMARTS) is 1. The highest BCUT2D eigenvalue weighted by Gasteiger charge is 2.17. The van der Waals surface area contributed by atoms with Crippen molar-refractivity contribution >= 4 is 28.5 Å². The fraction of sp³-hybridized carbons (Fsp3) is 0.167. The molecule has 0 aliphatic carbocycles. The summed E-state index contributed by atoms with van der Waals surface area (Å²) in [7, 11) is 0. The minimum Gasteiger partial charge on any atom is -0.481 e. The standard InChI is InChI=1S/C12H12N2O4/c13-12(17)11-10(14-6-5-9(15)16)7-3-1-2-4-8(7)18-11/h1-4,14H,5-6H2,(H2,13,17)(H,15,16). The lowest BCUT2D eigenvalue weighted by Gasteiger charge is -2.03. The molecule has 2 aromatic rings. The fourth-order valence-electron chi connectivity index (χ4n) is 1.69. The van der Waals surface area contributed by atoms with Crippen LogP contribution in [0.2, 0.25) is 0 Å². The number of nitrogens with one attached hydrogen (secondary N) is 1. The normalized spacial score (nSPS) is 10.4. The number of amides is 1. The van der Waals surface area contributed by atoms with Gasteiger partial charge >= 0.3 is 5.97 Å². The zero-order chi connectivity index (χ0) is 13.1. The quantitative estimate of drug-likeness (QED) is 0.742. The Morgan fingerprint density at radius 2 is 2.06 bits per heavy atom. The zero-order valence-electron chi connectivity index (χ0n) is 9.47. The number of hydrogen-bond acceptors (Lipinski definition) is 4. The van der Waals surface area contributed by atoms with Gasteiger partial charge in [0.2, 0.25) is 5.76 Å². The van der Waals surface area contributed by atoms with Crippen molar-refractivity contribution in [2.45, 2.75) is 6.42 Å². The second-order valence-corrected chi connectivity index (χ2v) is 3.74. The first kappa shape index (κ1) is 12.0. The number of benzene rings is 1. The Morgan fingerprint density at radius 3 is 2.72 bits per heavy atom. The van der Waals surface area contributed by atoms with Crippen LogP contribution in [0, 0.1) is 0 Å². The monoisotopic (exact) mass is 248 g/mol. The largest absolute Gasteiger partial charge is 0.481 e. The van der Waals surface area contributed by atoms with Crippen LogP contribution in [0.4, 0.5) is 5.69 Å². The van der Waals surface area contributed by atoms with Gasteiger partial charge in [-0.2, -0.15) is 0 Å². The molecule has 94 valence electrons. The summed E-state index contributed by atoms with van der Waals surface area (Å²) in [4.78, 5) is 21.7. The molecule has 1 aromatic carbocycles. The van der Waals surface area contributed by atoms with Gasteiger partial charge in [0.15, 0.2) is 0 Å². The molecule has 2 rings (SSSR count). The van der Waals surface area contributed by atoms with E-state index in [-0.39, 0.29) is 18.7 Å². The van der Waals surface area contributed by atoms with Crippen LogP contribution in [0.1, 0.15) is 17.0 Å². The lowest BCUT2D eigenvalue weighted by molar-refractivity contribution is -0.136. The number of carboxylic acids is 1. The molecule has 0 saturated heterocycles. The van der Waals surface area contributed by atoms with Crippen LogP contribution in [0.25, 0.3) is 11.0 Å². The second kappa shape index (κ2) is 4.79. The summed E-state index contributed by atoms with van der Waals surface area (Å²) >= 11 is 0. The highest BCUT2D eigenvalue weighted by molar-refractivity contribution is 6.05. The van der Waals surface area contributed by atoms with E-state index in [1.807, 2.05) is 0 Å². The topological polar surface area (TPSA) is 106 Å². The van der Waals surface area contributed by atoms with Crippen LogP contribution in [0.3, 0.4) is 0 Å². The molecule has 0 aliphatic heterocycles. The first-order valence-corrected chi connectivity index (χ1v) is 5.36. The maximum Gasteiger partial charge on any atom is 0.305 e. The van der Waals surface area contributed by atoms with E-state index in [2.05, 4.69) is 5.32 Å². The molecule has 0 unspecified atom stereocenters. The van der Waals surface area contributed by atoms with Gasteiger partial charge in [0.25, 0.3) is 5.91 Å². The van der Waals surface area contributed by atoms with Crippen molar-refractivity contribution in [2.75, 3.05) is 11.9 Å². The molecule has 6 heteroatoms. The van der Waals surface area contributed by atoms with Gasteiger partial charge in [-0.15, -0.1) is 0 Å². The van der Waals surface area contributed by atoms with Crippen molar-refractivity contribution in [3.63, 3.8) is 0 Å². The zero-order valence-corrected chi connectivity index (χ0v) is 9.47. The number of nitrogens with two attached hydrogens (primary N) is 1. The number of rotatable bonds is 5. The molecule has 0 aliphatic rings. The van der Waals surface area contributed by atoms with Crippen molar-refractivity contribution in [3.05, 3.63) is 30.0 Å². The van der Waals surface area contributed by atoms with E-state index in [0.717, 1.165) is 0 Å². The van der Waals surface area contributed by atoms with Gasteiger partial charge in [-0.1, -0.05) is 12.1 Å². The molecule has 0 radical (unpaired) electrons. The molecular formula is C12H12N2O4. The SMILES string of the molecule is NC(=O)c1oc2ccccc2c1NCCC(=O)O. The average molecular weight is 248 g/mol. The minimum atomic E-state index is -0.920. The van der Waals surface area contributed by atoms with E-state index in [1.54, 1.807) is 24.3 Å². The van der Waals surface area contributed by atoms with Crippen LogP contribution in [0.5, 0.6) is 0 Å². The molecule has 1 aromatic heterocycles. The van der Waals surface area contributed by atoms with E-state index >= 15 is 0 Å². The summed E-state index contributed by atoms with van der Waals surface area (Å²) in [5.41, 5.74) is 6.20. The highest BCUT2D eigenvalue weighted by Crippen LogP contribution is 2.30. The molecule has 0 saturated carbocycles. The molecule has 4 N–H and O–H groups in total. The Hall–Kier alpha value is -2.50. The highest BCUT2D eigenvalue weighted by atomic mass is 16.4. The Bertz CT molecular complexity index is 603. The molecule has 0 fully saturated rings. The Morgan fingerprint density at radius 1 is 1.33 bits per heavy atom. The third-order valence-corrected chi connectivity index (χ3v) is 2.46. The predicted molar refractivity (Wildman–Crippen MR) is 65.5 cm³/mol. The lowest BCUT2D eigenvalue weighted by Crippen LogP contribution is -2.14. The molecule has 0 spiro atoms. The fourth-order valence-corrected chi connectivity index (χ4v) is 1.69. The molecule has 0 atom stereocenters. The number of furan rings is 1. The van der Waals surface area contributed by atoms with Gasteiger partial charge < -0.3 is 20.6 Å². The predicted octanol–water partition coefficient (Wildman–Crippen LogP) is 1.42. The minimum absolute atomic E-state index is 0.0154. The molecule has 0 bridgehead atoms. The molecule has 18 heavy (non-hydrogen) atoms. The maximum absolute atomic E-state index is 11.3. The van der Waals surface area contributed by atoms with Crippen LogP contribution < -0.4 is 11.1 Å². The number of fused-ring (bicyclic) bond motifs is 1. The summed E-state index contributed by atoms with van der Waals surface area (Å²) < 4.78 is 5.33. The first-order chi connectivity index (χ1) is 8.59. The van der Waals surface area contributed by atoms with Crippen LogP contribution in [-0.2, 0) is 4.79 Å². The van der Waals surface area contributed by atoms with Crippen LogP contribution >= 0.6 is 0 Å². The number of carbonyl (C=O) groups excluding carboxylic acids is 1. The Labute approximate surface area is 102 Å². The van der Waals surface area contributed by atoms with Crippen molar-refractivity contribution in [2.24, 2.45) is 5.73 Å². The number of primary amides is 1. The van der Waals surface area contributed by atoms with Crippen molar-refractivity contribution in [3.8, 4) is 0 Å². The smallest absolute Gasteiger partial charge is 0.305 e. The van der Waals surface area contributed by atoms with Gasteiger partial charge in [-0.3, -0.25) is 9.59 Å². The first-order valence-electron chi connectivity index (χ1n) is 5.36. The summed E-state index contributed by atoms with van der Waals surface area (Å²) in [6.45, 7) is 0.194. The second-order valence-electron chi connectivity index (χ2n) is 3.74. The van der Waals surface area contributed by atoms with E-state index in [1.165, 1.54) is 0 Å². The van der Waals surface area contributed by atoms with Gasteiger partial charge in [0, 0.05) is 11.9 Å². The molecule has 1 amide bonds. The molecule has 1 heterocycles. The van der Waals surface area contributed by atoms with E-state index < -0.39 is 11.9 Å². The van der Waals surface area contributed by atoms with E-state index in [4.69, 9.17) is 15.3 Å². The van der Waals surface area contributed by atoms with Gasteiger partial charge in [-0.05, 0) is 12.1 Å². The summed E-state index contributed by atoms with van der Waals surface area (Å²) in [6, 6.07) is 7.06.